The molecule has 2 aliphatic rings. The lowest BCUT2D eigenvalue weighted by molar-refractivity contribution is 0.0625. The number of aliphatic imine (C=N–C) groups is 1. The molecule has 1 N–H and O–H groups in total. The van der Waals surface area contributed by atoms with Crippen LogP contribution in [0.5, 0.6) is 0 Å². The maximum Gasteiger partial charge on any atom is 0.214 e. The van der Waals surface area contributed by atoms with Gasteiger partial charge in [-0.05, 0) is 38.5 Å². The number of rotatable bonds is 7. The number of hydrogen-bond donors (Lipinski definition) is 1. The van der Waals surface area contributed by atoms with Gasteiger partial charge in [0.15, 0.2) is 5.96 Å². The van der Waals surface area contributed by atoms with Crippen molar-refractivity contribution in [2.45, 2.75) is 32.6 Å². The van der Waals surface area contributed by atoms with Crippen molar-refractivity contribution in [3.8, 4) is 0 Å². The number of nitrogens with zero attached hydrogens (tertiary/aromatic N) is 3. The van der Waals surface area contributed by atoms with Gasteiger partial charge in [-0.3, -0.25) is 4.99 Å². The highest BCUT2D eigenvalue weighted by atomic mass is 32.2. The summed E-state index contributed by atoms with van der Waals surface area (Å²) in [5.41, 5.74) is 0. The van der Waals surface area contributed by atoms with Gasteiger partial charge in [0.25, 0.3) is 0 Å². The van der Waals surface area contributed by atoms with E-state index in [9.17, 15) is 8.42 Å². The van der Waals surface area contributed by atoms with Crippen LogP contribution in [0, 0.1) is 5.92 Å². The number of nitrogens with one attached hydrogen (secondary N) is 1. The normalized spacial score (nSPS) is 22.7. The molecular weight excluding hydrogens is 328 g/mol. The van der Waals surface area contributed by atoms with Gasteiger partial charge in [-0.1, -0.05) is 0 Å². The monoisotopic (exact) mass is 360 g/mol. The van der Waals surface area contributed by atoms with Crippen LogP contribution in [0.2, 0.25) is 0 Å². The van der Waals surface area contributed by atoms with Crippen LogP contribution in [-0.4, -0.2) is 82.3 Å². The maximum absolute atomic E-state index is 11.8. The quantitative estimate of drug-likeness (QED) is 0.535. The third kappa shape index (κ3) is 5.89. The highest BCUT2D eigenvalue weighted by Gasteiger charge is 2.27. The average molecular weight is 361 g/mol. The summed E-state index contributed by atoms with van der Waals surface area (Å²) in [5, 5.41) is 3.30. The van der Waals surface area contributed by atoms with Gasteiger partial charge < -0.3 is 15.0 Å². The molecular formula is C16H32N4O3S. The summed E-state index contributed by atoms with van der Waals surface area (Å²) >= 11 is 0. The lowest BCUT2D eigenvalue weighted by Gasteiger charge is -2.27. The van der Waals surface area contributed by atoms with Crippen molar-refractivity contribution in [3.63, 3.8) is 0 Å². The van der Waals surface area contributed by atoms with Crippen molar-refractivity contribution >= 4 is 16.0 Å². The first-order valence-electron chi connectivity index (χ1n) is 9.08. The summed E-state index contributed by atoms with van der Waals surface area (Å²) in [4.78, 5) is 6.76. The van der Waals surface area contributed by atoms with Gasteiger partial charge in [0.05, 0.1) is 12.3 Å². The highest BCUT2D eigenvalue weighted by Crippen LogP contribution is 2.18. The summed E-state index contributed by atoms with van der Waals surface area (Å²) in [5.74, 6) is 1.88. The first-order valence-corrected chi connectivity index (χ1v) is 10.7. The van der Waals surface area contributed by atoms with Gasteiger partial charge in [-0.25, -0.2) is 12.7 Å². The van der Waals surface area contributed by atoms with Crippen LogP contribution in [0.15, 0.2) is 4.99 Å². The Bertz CT molecular complexity index is 503. The van der Waals surface area contributed by atoms with E-state index in [1.54, 1.807) is 4.31 Å². The minimum absolute atomic E-state index is 0.280. The molecule has 0 amide bonds. The molecule has 2 heterocycles. The molecule has 2 rings (SSSR count). The van der Waals surface area contributed by atoms with Crippen LogP contribution in [0.4, 0.5) is 0 Å². The molecule has 0 radical (unpaired) electrons. The molecule has 8 heteroatoms. The van der Waals surface area contributed by atoms with Crippen LogP contribution < -0.4 is 5.32 Å². The molecule has 140 valence electrons. The summed E-state index contributed by atoms with van der Waals surface area (Å²) in [6, 6.07) is 0. The van der Waals surface area contributed by atoms with E-state index < -0.39 is 10.0 Å². The van der Waals surface area contributed by atoms with E-state index in [0.717, 1.165) is 63.9 Å². The second-order valence-corrected chi connectivity index (χ2v) is 8.66. The van der Waals surface area contributed by atoms with Gasteiger partial charge in [0.1, 0.15) is 0 Å². The summed E-state index contributed by atoms with van der Waals surface area (Å²) in [7, 11) is -0.975. The van der Waals surface area contributed by atoms with Crippen LogP contribution in [0.25, 0.3) is 0 Å². The van der Waals surface area contributed by atoms with Gasteiger partial charge in [-0.2, -0.15) is 0 Å². The van der Waals surface area contributed by atoms with Crippen molar-refractivity contribution in [1.82, 2.24) is 14.5 Å². The summed E-state index contributed by atoms with van der Waals surface area (Å²) in [6.07, 6.45) is 4.17. The summed E-state index contributed by atoms with van der Waals surface area (Å²) < 4.78 is 30.6. The molecule has 0 saturated carbocycles. The van der Waals surface area contributed by atoms with Crippen molar-refractivity contribution < 1.29 is 13.2 Å². The van der Waals surface area contributed by atoms with E-state index in [-0.39, 0.29) is 5.75 Å². The Kier molecular flexibility index (Phi) is 7.77. The maximum atomic E-state index is 11.8. The number of hydrogen-bond acceptors (Lipinski definition) is 4. The second kappa shape index (κ2) is 9.58. The molecule has 2 fully saturated rings. The molecule has 0 aromatic heterocycles. The Balaban J connectivity index is 1.80. The molecule has 0 aromatic rings. The van der Waals surface area contributed by atoms with Gasteiger partial charge in [0, 0.05) is 46.4 Å². The molecule has 0 atom stereocenters. The standard InChI is InChI=1S/C16H32N4O3S/c1-3-17-16(18-8-11-20-9-4-14-24(20,21)22)19(2)10-5-15-6-12-23-13-7-15/h15H,3-14H2,1-2H3,(H,17,18). The van der Waals surface area contributed by atoms with E-state index >= 15 is 0 Å². The van der Waals surface area contributed by atoms with Gasteiger partial charge >= 0.3 is 0 Å². The van der Waals surface area contributed by atoms with E-state index in [4.69, 9.17) is 4.74 Å². The Hall–Kier alpha value is -0.860. The van der Waals surface area contributed by atoms with Gasteiger partial charge in [-0.15, -0.1) is 0 Å². The first-order chi connectivity index (χ1) is 11.5. The molecule has 7 nitrogen and oxygen atoms in total. The third-order valence-corrected chi connectivity index (χ3v) is 6.68. The van der Waals surface area contributed by atoms with Crippen LogP contribution in [-0.2, 0) is 14.8 Å². The number of sulfonamides is 1. The van der Waals surface area contributed by atoms with Crippen molar-refractivity contribution in [2.24, 2.45) is 10.9 Å². The zero-order valence-electron chi connectivity index (χ0n) is 15.0. The number of guanidine groups is 1. The Morgan fingerprint density at radius 2 is 2.12 bits per heavy atom. The minimum Gasteiger partial charge on any atom is -0.381 e. The van der Waals surface area contributed by atoms with E-state index in [1.165, 1.54) is 0 Å². The van der Waals surface area contributed by atoms with Crippen LogP contribution in [0.1, 0.15) is 32.6 Å². The Morgan fingerprint density at radius 3 is 2.75 bits per heavy atom. The lowest BCUT2D eigenvalue weighted by Crippen LogP contribution is -2.40. The van der Waals surface area contributed by atoms with Crippen LogP contribution >= 0.6 is 0 Å². The van der Waals surface area contributed by atoms with Crippen molar-refractivity contribution in [1.29, 1.82) is 0 Å². The fourth-order valence-electron chi connectivity index (χ4n) is 3.20. The molecule has 0 bridgehead atoms. The predicted molar refractivity (Wildman–Crippen MR) is 96.7 cm³/mol. The minimum atomic E-state index is -3.02. The molecule has 2 saturated heterocycles. The fourth-order valence-corrected chi connectivity index (χ4v) is 4.72. The smallest absolute Gasteiger partial charge is 0.214 e. The number of ether oxygens (including phenoxy) is 1. The van der Waals surface area contributed by atoms with Crippen molar-refractivity contribution in [3.05, 3.63) is 0 Å². The second-order valence-electron chi connectivity index (χ2n) is 6.57. The largest absolute Gasteiger partial charge is 0.381 e. The van der Waals surface area contributed by atoms with Crippen molar-refractivity contribution in [2.75, 3.05) is 58.7 Å². The molecule has 0 spiro atoms. The van der Waals surface area contributed by atoms with E-state index in [1.807, 2.05) is 14.0 Å². The zero-order chi connectivity index (χ0) is 17.4. The highest BCUT2D eigenvalue weighted by molar-refractivity contribution is 7.89. The summed E-state index contributed by atoms with van der Waals surface area (Å²) in [6.45, 7) is 7.19. The van der Waals surface area contributed by atoms with E-state index in [0.29, 0.717) is 19.6 Å². The first kappa shape index (κ1) is 19.5. The Morgan fingerprint density at radius 1 is 1.38 bits per heavy atom. The molecule has 24 heavy (non-hydrogen) atoms. The molecule has 0 unspecified atom stereocenters. The van der Waals surface area contributed by atoms with Gasteiger partial charge in [0.2, 0.25) is 10.0 Å². The molecule has 0 aromatic carbocycles. The topological polar surface area (TPSA) is 74.2 Å². The zero-order valence-corrected chi connectivity index (χ0v) is 15.9. The lowest BCUT2D eigenvalue weighted by atomic mass is 9.96. The molecule has 2 aliphatic heterocycles. The predicted octanol–water partition coefficient (Wildman–Crippen LogP) is 0.736. The SMILES string of the molecule is CCNC(=NCCN1CCCS1(=O)=O)N(C)CCC1CCOCC1. The average Bonchev–Trinajstić information content (AvgIpc) is 2.91. The Labute approximate surface area is 146 Å². The van der Waals surface area contributed by atoms with E-state index in [2.05, 4.69) is 15.2 Å². The fraction of sp³-hybridized carbons (Fsp3) is 0.938. The third-order valence-electron chi connectivity index (χ3n) is 4.72. The molecule has 0 aliphatic carbocycles. The van der Waals surface area contributed by atoms with Crippen LogP contribution in [0.3, 0.4) is 0 Å².